The van der Waals surface area contributed by atoms with E-state index in [1.807, 2.05) is 25.6 Å². The zero-order chi connectivity index (χ0) is 13.1. The number of hydrogen-bond acceptors (Lipinski definition) is 3. The number of hydrogen-bond donors (Lipinski definition) is 1. The molecule has 2 aliphatic rings. The third-order valence-electron chi connectivity index (χ3n) is 4.01. The predicted octanol–water partition coefficient (Wildman–Crippen LogP) is 2.39. The highest BCUT2D eigenvalue weighted by molar-refractivity contribution is 8.00. The second kappa shape index (κ2) is 6.09. The Morgan fingerprint density at radius 1 is 1.44 bits per heavy atom. The third-order valence-corrected chi connectivity index (χ3v) is 5.59. The van der Waals surface area contributed by atoms with Crippen LogP contribution in [0.15, 0.2) is 0 Å². The molecule has 0 aromatic heterocycles. The Kier molecular flexibility index (Phi) is 4.71. The lowest BCUT2D eigenvalue weighted by atomic mass is 9.96. The lowest BCUT2D eigenvalue weighted by Gasteiger charge is -2.17. The summed E-state index contributed by atoms with van der Waals surface area (Å²) < 4.78 is 0. The lowest BCUT2D eigenvalue weighted by Crippen LogP contribution is -2.34. The van der Waals surface area contributed by atoms with E-state index in [4.69, 9.17) is 0 Å². The van der Waals surface area contributed by atoms with Crippen LogP contribution in [0.25, 0.3) is 0 Å². The zero-order valence-electron chi connectivity index (χ0n) is 11.3. The Morgan fingerprint density at radius 3 is 2.94 bits per heavy atom. The van der Waals surface area contributed by atoms with Gasteiger partial charge in [-0.1, -0.05) is 20.3 Å². The van der Waals surface area contributed by atoms with Crippen LogP contribution in [0.1, 0.15) is 46.0 Å². The molecule has 2 aliphatic heterocycles. The molecule has 0 aliphatic carbocycles. The summed E-state index contributed by atoms with van der Waals surface area (Å²) >= 11 is 2.00. The summed E-state index contributed by atoms with van der Waals surface area (Å²) in [6.45, 7) is 3.93. The predicted molar refractivity (Wildman–Crippen MR) is 74.6 cm³/mol. The van der Waals surface area contributed by atoms with E-state index in [0.29, 0.717) is 23.0 Å². The molecule has 4 heteroatoms. The van der Waals surface area contributed by atoms with E-state index in [1.54, 1.807) is 0 Å². The molecule has 0 aromatic carbocycles. The first-order valence-electron chi connectivity index (χ1n) is 7.01. The van der Waals surface area contributed by atoms with Crippen LogP contribution in [0.4, 0.5) is 0 Å². The van der Waals surface area contributed by atoms with Crippen LogP contribution in [0.3, 0.4) is 0 Å². The average molecular weight is 269 g/mol. The molecule has 3 nitrogen and oxygen atoms in total. The molecule has 2 rings (SSSR count). The number of carbonyl (C=O) groups excluding carboxylic acids is 2. The monoisotopic (exact) mass is 269 g/mol. The maximum Gasteiger partial charge on any atom is 0.220 e. The van der Waals surface area contributed by atoms with Crippen molar-refractivity contribution in [2.75, 3.05) is 5.75 Å². The highest BCUT2D eigenvalue weighted by Gasteiger charge is 2.42. The van der Waals surface area contributed by atoms with Crippen molar-refractivity contribution >= 4 is 23.5 Å². The quantitative estimate of drug-likeness (QED) is 0.753. The summed E-state index contributed by atoms with van der Waals surface area (Å²) in [5.74, 6) is 2.46. The summed E-state index contributed by atoms with van der Waals surface area (Å²) in [7, 11) is 0. The molecule has 0 saturated carbocycles. The van der Waals surface area contributed by atoms with Gasteiger partial charge in [0.2, 0.25) is 5.91 Å². The largest absolute Gasteiger partial charge is 0.352 e. The summed E-state index contributed by atoms with van der Waals surface area (Å²) in [5, 5.41) is 3.69. The number of rotatable bonds is 6. The van der Waals surface area contributed by atoms with Gasteiger partial charge in [-0.2, -0.15) is 11.8 Å². The van der Waals surface area contributed by atoms with Crippen molar-refractivity contribution in [2.45, 2.75) is 57.2 Å². The van der Waals surface area contributed by atoms with Gasteiger partial charge in [0.05, 0.1) is 0 Å². The fourth-order valence-electron chi connectivity index (χ4n) is 2.83. The number of fused-ring (bicyclic) bond motifs is 1. The smallest absolute Gasteiger partial charge is 0.220 e. The van der Waals surface area contributed by atoms with Gasteiger partial charge >= 0.3 is 0 Å². The number of nitrogens with one attached hydrogen (secondary N) is 1. The van der Waals surface area contributed by atoms with E-state index < -0.39 is 0 Å². The Bertz CT molecular complexity index is 330. The van der Waals surface area contributed by atoms with Crippen LogP contribution in [-0.2, 0) is 9.59 Å². The Morgan fingerprint density at radius 2 is 2.22 bits per heavy atom. The fourth-order valence-corrected chi connectivity index (χ4v) is 4.48. The van der Waals surface area contributed by atoms with Crippen molar-refractivity contribution in [2.24, 2.45) is 11.8 Å². The summed E-state index contributed by atoms with van der Waals surface area (Å²) in [5.41, 5.74) is 0. The number of amides is 1. The SMILES string of the molecule is CC(C)C(=O)CCCCC1SCC2CC(=O)NC21. The van der Waals surface area contributed by atoms with Crippen molar-refractivity contribution in [3.8, 4) is 0 Å². The summed E-state index contributed by atoms with van der Waals surface area (Å²) in [6, 6.07) is 0.406. The van der Waals surface area contributed by atoms with Crippen molar-refractivity contribution in [1.29, 1.82) is 0 Å². The van der Waals surface area contributed by atoms with Crippen LogP contribution >= 0.6 is 11.8 Å². The van der Waals surface area contributed by atoms with Gasteiger partial charge in [-0.15, -0.1) is 0 Å². The molecule has 3 atom stereocenters. The molecule has 1 N–H and O–H groups in total. The third kappa shape index (κ3) is 3.28. The molecule has 1 amide bonds. The highest BCUT2D eigenvalue weighted by Crippen LogP contribution is 2.39. The first-order valence-corrected chi connectivity index (χ1v) is 8.06. The number of carbonyl (C=O) groups is 2. The second-order valence-electron chi connectivity index (χ2n) is 5.80. The molecule has 0 spiro atoms. The van der Waals surface area contributed by atoms with Crippen molar-refractivity contribution in [3.63, 3.8) is 0 Å². The lowest BCUT2D eigenvalue weighted by molar-refractivity contribution is -0.122. The Labute approximate surface area is 113 Å². The van der Waals surface area contributed by atoms with E-state index in [-0.39, 0.29) is 11.8 Å². The van der Waals surface area contributed by atoms with Gasteiger partial charge in [0.15, 0.2) is 0 Å². The minimum Gasteiger partial charge on any atom is -0.352 e. The van der Waals surface area contributed by atoms with Crippen LogP contribution < -0.4 is 5.32 Å². The molecule has 2 saturated heterocycles. The molecule has 3 unspecified atom stereocenters. The maximum atomic E-state index is 11.5. The van der Waals surface area contributed by atoms with Gasteiger partial charge in [-0.05, 0) is 24.5 Å². The molecule has 0 bridgehead atoms. The van der Waals surface area contributed by atoms with E-state index in [2.05, 4.69) is 5.32 Å². The van der Waals surface area contributed by atoms with Gasteiger partial charge < -0.3 is 5.32 Å². The number of Topliss-reactive ketones (excluding diaryl/α,β-unsaturated/α-hetero) is 1. The summed E-state index contributed by atoms with van der Waals surface area (Å²) in [4.78, 5) is 22.8. The van der Waals surface area contributed by atoms with Crippen molar-refractivity contribution in [3.05, 3.63) is 0 Å². The van der Waals surface area contributed by atoms with Gasteiger partial charge in [-0.25, -0.2) is 0 Å². The normalized spacial score (nSPS) is 30.6. The van der Waals surface area contributed by atoms with Crippen LogP contribution in [0, 0.1) is 11.8 Å². The van der Waals surface area contributed by atoms with E-state index in [9.17, 15) is 9.59 Å². The number of ketones is 1. The maximum absolute atomic E-state index is 11.5. The van der Waals surface area contributed by atoms with Gasteiger partial charge in [0.25, 0.3) is 0 Å². The Hall–Kier alpha value is -0.510. The van der Waals surface area contributed by atoms with Gasteiger partial charge in [0, 0.05) is 30.1 Å². The first-order chi connectivity index (χ1) is 8.58. The standard InChI is InChI=1S/C14H23NO2S/c1-9(2)11(16)5-3-4-6-12-14-10(8-18-12)7-13(17)15-14/h9-10,12,14H,3-8H2,1-2H3,(H,15,17). The van der Waals surface area contributed by atoms with Crippen molar-refractivity contribution in [1.82, 2.24) is 5.32 Å². The topological polar surface area (TPSA) is 46.2 Å². The fraction of sp³-hybridized carbons (Fsp3) is 0.857. The van der Waals surface area contributed by atoms with E-state index >= 15 is 0 Å². The van der Waals surface area contributed by atoms with Crippen LogP contribution in [0.5, 0.6) is 0 Å². The number of thioether (sulfide) groups is 1. The minimum absolute atomic E-state index is 0.171. The summed E-state index contributed by atoms with van der Waals surface area (Å²) in [6.07, 6.45) is 4.68. The van der Waals surface area contributed by atoms with Gasteiger partial charge in [0.1, 0.15) is 5.78 Å². The second-order valence-corrected chi connectivity index (χ2v) is 7.07. The first kappa shape index (κ1) is 13.9. The Balaban J connectivity index is 1.66. The van der Waals surface area contributed by atoms with Crippen molar-refractivity contribution < 1.29 is 9.59 Å². The zero-order valence-corrected chi connectivity index (χ0v) is 12.1. The van der Waals surface area contributed by atoms with E-state index in [1.165, 1.54) is 0 Å². The molecule has 0 radical (unpaired) electrons. The molecule has 2 fully saturated rings. The molecule has 0 aromatic rings. The van der Waals surface area contributed by atoms with Crippen LogP contribution in [-0.4, -0.2) is 28.7 Å². The minimum atomic E-state index is 0.171. The molecular weight excluding hydrogens is 246 g/mol. The average Bonchev–Trinajstić information content (AvgIpc) is 2.84. The van der Waals surface area contributed by atoms with Crippen LogP contribution in [0.2, 0.25) is 0 Å². The van der Waals surface area contributed by atoms with E-state index in [0.717, 1.165) is 37.9 Å². The molecule has 102 valence electrons. The number of unbranched alkanes of at least 4 members (excludes halogenated alkanes) is 1. The molecule has 18 heavy (non-hydrogen) atoms. The molecule has 2 heterocycles. The highest BCUT2D eigenvalue weighted by atomic mass is 32.2. The van der Waals surface area contributed by atoms with Gasteiger partial charge in [-0.3, -0.25) is 9.59 Å². The molecular formula is C14H23NO2S.